The average molecular weight is 390 g/mol. The summed E-state index contributed by atoms with van der Waals surface area (Å²) in [5, 5.41) is 10.2. The third-order valence-electron chi connectivity index (χ3n) is 4.91. The topological polar surface area (TPSA) is 76.0 Å². The van der Waals surface area contributed by atoms with Gasteiger partial charge in [-0.05, 0) is 61.7 Å². The molecule has 0 unspecified atom stereocenters. The minimum absolute atomic E-state index is 0.0524. The van der Waals surface area contributed by atoms with E-state index in [0.29, 0.717) is 24.2 Å². The number of hydrogen-bond acceptors (Lipinski definition) is 3. The molecule has 0 radical (unpaired) electrons. The summed E-state index contributed by atoms with van der Waals surface area (Å²) in [6, 6.07) is 13.4. The van der Waals surface area contributed by atoms with Crippen LogP contribution in [0, 0.1) is 20.8 Å². The Labute approximate surface area is 170 Å². The zero-order valence-corrected chi connectivity index (χ0v) is 17.2. The molecule has 29 heavy (non-hydrogen) atoms. The van der Waals surface area contributed by atoms with Crippen molar-refractivity contribution in [3.05, 3.63) is 76.6 Å². The maximum atomic E-state index is 12.4. The number of carbonyl (C=O) groups excluding carboxylic acids is 2. The van der Waals surface area contributed by atoms with Crippen LogP contribution in [-0.2, 0) is 11.3 Å². The van der Waals surface area contributed by atoms with E-state index in [1.165, 1.54) is 11.1 Å². The summed E-state index contributed by atoms with van der Waals surface area (Å²) < 4.78 is 1.69. The Balaban J connectivity index is 1.66. The van der Waals surface area contributed by atoms with Gasteiger partial charge >= 0.3 is 0 Å². The predicted octanol–water partition coefficient (Wildman–Crippen LogP) is 4.08. The lowest BCUT2D eigenvalue weighted by Crippen LogP contribution is -2.22. The molecule has 2 amide bonds. The normalized spacial score (nSPS) is 10.6. The summed E-state index contributed by atoms with van der Waals surface area (Å²) in [7, 11) is 0. The van der Waals surface area contributed by atoms with Crippen LogP contribution in [0.15, 0.2) is 48.7 Å². The maximum Gasteiger partial charge on any atom is 0.251 e. The van der Waals surface area contributed by atoms with Gasteiger partial charge < -0.3 is 10.6 Å². The number of anilines is 1. The second-order valence-electron chi connectivity index (χ2n) is 7.12. The summed E-state index contributed by atoms with van der Waals surface area (Å²) in [6.07, 6.45) is 2.19. The van der Waals surface area contributed by atoms with Crippen LogP contribution in [0.25, 0.3) is 5.69 Å². The molecular formula is C23H26N4O2. The van der Waals surface area contributed by atoms with Gasteiger partial charge in [-0.25, -0.2) is 4.68 Å². The quantitative estimate of drug-likeness (QED) is 0.666. The Bertz CT molecular complexity index is 1040. The van der Waals surface area contributed by atoms with Crippen molar-refractivity contribution in [2.24, 2.45) is 0 Å². The molecule has 0 bridgehead atoms. The highest BCUT2D eigenvalue weighted by Crippen LogP contribution is 2.17. The molecule has 0 saturated carbocycles. The number of hydrogen-bond donors (Lipinski definition) is 2. The first-order valence-corrected chi connectivity index (χ1v) is 9.68. The van der Waals surface area contributed by atoms with Crippen molar-refractivity contribution < 1.29 is 9.59 Å². The molecule has 6 heteroatoms. The lowest BCUT2D eigenvalue weighted by atomic mass is 10.1. The van der Waals surface area contributed by atoms with Crippen LogP contribution >= 0.6 is 0 Å². The minimum Gasteiger partial charge on any atom is -0.348 e. The summed E-state index contributed by atoms with van der Waals surface area (Å²) in [5.41, 5.74) is 6.35. The van der Waals surface area contributed by atoms with Crippen LogP contribution in [0.4, 0.5) is 5.69 Å². The molecule has 3 aromatic rings. The van der Waals surface area contributed by atoms with E-state index in [1.54, 1.807) is 29.9 Å². The Morgan fingerprint density at radius 3 is 2.38 bits per heavy atom. The predicted molar refractivity (Wildman–Crippen MR) is 114 cm³/mol. The van der Waals surface area contributed by atoms with E-state index in [9.17, 15) is 9.59 Å². The molecule has 150 valence electrons. The second-order valence-corrected chi connectivity index (χ2v) is 7.12. The molecule has 2 N–H and O–H groups in total. The summed E-state index contributed by atoms with van der Waals surface area (Å²) >= 11 is 0. The summed E-state index contributed by atoms with van der Waals surface area (Å²) in [5.74, 6) is -0.175. The summed E-state index contributed by atoms with van der Waals surface area (Å²) in [6.45, 7) is 8.27. The first-order chi connectivity index (χ1) is 13.9. The molecule has 0 aliphatic carbocycles. The molecule has 0 aliphatic rings. The Hall–Kier alpha value is -3.41. The van der Waals surface area contributed by atoms with Gasteiger partial charge in [-0.1, -0.05) is 25.1 Å². The molecule has 2 aromatic carbocycles. The number of nitrogens with one attached hydrogen (secondary N) is 2. The first kappa shape index (κ1) is 20.3. The van der Waals surface area contributed by atoms with Crippen molar-refractivity contribution in [3.63, 3.8) is 0 Å². The van der Waals surface area contributed by atoms with Crippen LogP contribution in [0.2, 0.25) is 0 Å². The Morgan fingerprint density at radius 1 is 1.00 bits per heavy atom. The van der Waals surface area contributed by atoms with E-state index in [1.807, 2.05) is 25.1 Å². The number of nitrogens with zero attached hydrogens (tertiary/aromatic N) is 2. The fraction of sp³-hybridized carbons (Fsp3) is 0.261. The number of aromatic nitrogens is 2. The van der Waals surface area contributed by atoms with Crippen molar-refractivity contribution in [3.8, 4) is 5.69 Å². The largest absolute Gasteiger partial charge is 0.348 e. The smallest absolute Gasteiger partial charge is 0.251 e. The van der Waals surface area contributed by atoms with Crippen LogP contribution < -0.4 is 10.6 Å². The van der Waals surface area contributed by atoms with Gasteiger partial charge in [0.1, 0.15) is 0 Å². The van der Waals surface area contributed by atoms with Crippen molar-refractivity contribution in [2.75, 3.05) is 5.32 Å². The van der Waals surface area contributed by atoms with Gasteiger partial charge in [-0.15, -0.1) is 0 Å². The van der Waals surface area contributed by atoms with Crippen molar-refractivity contribution in [1.82, 2.24) is 15.1 Å². The van der Waals surface area contributed by atoms with E-state index < -0.39 is 0 Å². The van der Waals surface area contributed by atoms with Crippen LogP contribution in [0.5, 0.6) is 0 Å². The molecule has 0 atom stereocenters. The van der Waals surface area contributed by atoms with Crippen LogP contribution in [0.3, 0.4) is 0 Å². The van der Waals surface area contributed by atoms with E-state index in [2.05, 4.69) is 41.7 Å². The van der Waals surface area contributed by atoms with Gasteiger partial charge in [0.25, 0.3) is 5.91 Å². The van der Waals surface area contributed by atoms with Gasteiger partial charge in [0.2, 0.25) is 5.91 Å². The van der Waals surface area contributed by atoms with Gasteiger partial charge in [-0.2, -0.15) is 5.10 Å². The number of amides is 2. The van der Waals surface area contributed by atoms with Crippen LogP contribution in [0.1, 0.15) is 46.1 Å². The zero-order chi connectivity index (χ0) is 21.0. The summed E-state index contributed by atoms with van der Waals surface area (Å²) in [4.78, 5) is 24.1. The first-order valence-electron chi connectivity index (χ1n) is 9.68. The molecule has 0 saturated heterocycles. The number of aryl methyl sites for hydroxylation is 3. The number of rotatable bonds is 6. The number of benzene rings is 2. The molecular weight excluding hydrogens is 364 g/mol. The van der Waals surface area contributed by atoms with E-state index >= 15 is 0 Å². The van der Waals surface area contributed by atoms with Gasteiger partial charge in [0.05, 0.1) is 23.3 Å². The standard InChI is InChI=1S/C23H26N4O2/c1-5-22(28)25-21-14-27(26-17(21)4)20-10-8-19(9-11-20)23(29)24-13-18-7-6-15(2)16(3)12-18/h6-12,14H,5,13H2,1-4H3,(H,24,29)(H,25,28). The van der Waals surface area contributed by atoms with Crippen molar-refractivity contribution >= 4 is 17.5 Å². The fourth-order valence-electron chi connectivity index (χ4n) is 2.92. The lowest BCUT2D eigenvalue weighted by molar-refractivity contribution is -0.115. The van der Waals surface area contributed by atoms with Gasteiger partial charge in [0, 0.05) is 18.5 Å². The Kier molecular flexibility index (Phi) is 6.12. The fourth-order valence-corrected chi connectivity index (χ4v) is 2.92. The molecule has 1 heterocycles. The molecule has 0 aliphatic heterocycles. The highest BCUT2D eigenvalue weighted by atomic mass is 16.2. The van der Waals surface area contributed by atoms with Crippen LogP contribution in [-0.4, -0.2) is 21.6 Å². The third-order valence-corrected chi connectivity index (χ3v) is 4.91. The molecule has 0 spiro atoms. The van der Waals surface area contributed by atoms with Gasteiger partial charge in [-0.3, -0.25) is 9.59 Å². The van der Waals surface area contributed by atoms with Crippen molar-refractivity contribution in [1.29, 1.82) is 0 Å². The minimum atomic E-state index is -0.123. The molecule has 6 nitrogen and oxygen atoms in total. The second kappa shape index (κ2) is 8.73. The maximum absolute atomic E-state index is 12.4. The van der Waals surface area contributed by atoms with Crippen molar-refractivity contribution in [2.45, 2.75) is 40.7 Å². The number of carbonyl (C=O) groups is 2. The molecule has 0 fully saturated rings. The molecule has 3 rings (SSSR count). The molecule has 1 aromatic heterocycles. The van der Waals surface area contributed by atoms with E-state index in [0.717, 1.165) is 16.9 Å². The lowest BCUT2D eigenvalue weighted by Gasteiger charge is -2.08. The highest BCUT2D eigenvalue weighted by Gasteiger charge is 2.10. The Morgan fingerprint density at radius 2 is 1.72 bits per heavy atom. The third kappa shape index (κ3) is 4.90. The van der Waals surface area contributed by atoms with Gasteiger partial charge in [0.15, 0.2) is 0 Å². The highest BCUT2D eigenvalue weighted by molar-refractivity contribution is 5.94. The van der Waals surface area contributed by atoms with E-state index in [-0.39, 0.29) is 11.8 Å². The zero-order valence-electron chi connectivity index (χ0n) is 17.2. The SMILES string of the molecule is CCC(=O)Nc1cn(-c2ccc(C(=O)NCc3ccc(C)c(C)c3)cc2)nc1C. The monoisotopic (exact) mass is 390 g/mol. The van der Waals surface area contributed by atoms with E-state index in [4.69, 9.17) is 0 Å². The average Bonchev–Trinajstić information content (AvgIpc) is 3.08.